The number of anilines is 1. The average Bonchev–Trinajstić information content (AvgIpc) is 2.40. The molecule has 0 aliphatic heterocycles. The number of carbonyl (C=O) groups excluding carboxylic acids is 1. The second kappa shape index (κ2) is 5.68. The van der Waals surface area contributed by atoms with Crippen LogP contribution in [0, 0.1) is 10.1 Å². The summed E-state index contributed by atoms with van der Waals surface area (Å²) in [6.07, 6.45) is 0. The lowest BCUT2D eigenvalue weighted by atomic mass is 10.1. The summed E-state index contributed by atoms with van der Waals surface area (Å²) in [7, 11) is 0. The van der Waals surface area contributed by atoms with Crippen molar-refractivity contribution in [3.8, 4) is 11.5 Å². The van der Waals surface area contributed by atoms with Crippen molar-refractivity contribution in [2.45, 2.75) is 0 Å². The van der Waals surface area contributed by atoms with E-state index >= 15 is 0 Å². The number of hydrogen-bond acceptors (Lipinski definition) is 5. The van der Waals surface area contributed by atoms with Crippen molar-refractivity contribution in [2.75, 3.05) is 5.32 Å². The van der Waals surface area contributed by atoms with Crippen molar-refractivity contribution in [1.29, 1.82) is 0 Å². The number of carbonyl (C=O) groups is 1. The van der Waals surface area contributed by atoms with Gasteiger partial charge in [-0.1, -0.05) is 11.6 Å². The SMILES string of the molecule is O=C(Nc1ccc([N+](=O)[O-])cc1O)c1ccc(Cl)cc1O. The van der Waals surface area contributed by atoms with Crippen LogP contribution in [0.25, 0.3) is 0 Å². The smallest absolute Gasteiger partial charge is 0.273 e. The van der Waals surface area contributed by atoms with Crippen LogP contribution in [0.2, 0.25) is 5.02 Å². The number of nitro benzene ring substituents is 1. The van der Waals surface area contributed by atoms with Crippen molar-refractivity contribution in [1.82, 2.24) is 0 Å². The number of amides is 1. The maximum atomic E-state index is 12.0. The minimum absolute atomic E-state index is 0.0139. The van der Waals surface area contributed by atoms with Crippen LogP contribution in [-0.4, -0.2) is 21.0 Å². The molecule has 2 aromatic rings. The summed E-state index contributed by atoms with van der Waals surface area (Å²) in [5, 5.41) is 32.4. The Kier molecular flexibility index (Phi) is 3.95. The maximum Gasteiger partial charge on any atom is 0.273 e. The zero-order valence-electron chi connectivity index (χ0n) is 10.4. The summed E-state index contributed by atoms with van der Waals surface area (Å²) in [5.41, 5.74) is -0.364. The van der Waals surface area contributed by atoms with Crippen molar-refractivity contribution < 1.29 is 19.9 Å². The van der Waals surface area contributed by atoms with Gasteiger partial charge in [0.15, 0.2) is 0 Å². The molecule has 108 valence electrons. The molecule has 0 spiro atoms. The molecule has 2 rings (SSSR count). The van der Waals surface area contributed by atoms with Gasteiger partial charge in [-0.2, -0.15) is 0 Å². The molecule has 7 nitrogen and oxygen atoms in total. The standard InChI is InChI=1S/C13H9ClN2O5/c14-7-1-3-9(11(17)5-7)13(19)15-10-4-2-8(16(20)21)6-12(10)18/h1-6,17-18H,(H,15,19). The third-order valence-electron chi connectivity index (χ3n) is 2.64. The van der Waals surface area contributed by atoms with E-state index in [1.165, 1.54) is 24.3 Å². The zero-order valence-corrected chi connectivity index (χ0v) is 11.2. The quantitative estimate of drug-likeness (QED) is 0.458. The van der Waals surface area contributed by atoms with E-state index in [0.717, 1.165) is 12.1 Å². The topological polar surface area (TPSA) is 113 Å². The number of phenols is 2. The number of benzene rings is 2. The molecule has 0 saturated heterocycles. The monoisotopic (exact) mass is 308 g/mol. The summed E-state index contributed by atoms with van der Waals surface area (Å²) >= 11 is 5.66. The fourth-order valence-electron chi connectivity index (χ4n) is 1.63. The summed E-state index contributed by atoms with van der Waals surface area (Å²) in [5.74, 6) is -1.46. The second-order valence-corrected chi connectivity index (χ2v) is 4.51. The van der Waals surface area contributed by atoms with E-state index in [-0.39, 0.29) is 27.7 Å². The van der Waals surface area contributed by atoms with E-state index in [1.54, 1.807) is 0 Å². The normalized spacial score (nSPS) is 10.1. The van der Waals surface area contributed by atoms with Crippen molar-refractivity contribution >= 4 is 28.9 Å². The van der Waals surface area contributed by atoms with Crippen LogP contribution in [0.4, 0.5) is 11.4 Å². The van der Waals surface area contributed by atoms with Gasteiger partial charge in [-0.15, -0.1) is 0 Å². The number of nitrogens with one attached hydrogen (secondary N) is 1. The highest BCUT2D eigenvalue weighted by Gasteiger charge is 2.15. The second-order valence-electron chi connectivity index (χ2n) is 4.07. The third kappa shape index (κ3) is 3.21. The van der Waals surface area contributed by atoms with E-state index < -0.39 is 16.6 Å². The fraction of sp³-hybridized carbons (Fsp3) is 0. The number of aromatic hydroxyl groups is 2. The van der Waals surface area contributed by atoms with Crippen LogP contribution in [-0.2, 0) is 0 Å². The lowest BCUT2D eigenvalue weighted by Crippen LogP contribution is -2.12. The van der Waals surface area contributed by atoms with Crippen molar-refractivity contribution in [3.63, 3.8) is 0 Å². The van der Waals surface area contributed by atoms with Crippen LogP contribution < -0.4 is 5.32 Å². The Morgan fingerprint density at radius 1 is 1.14 bits per heavy atom. The highest BCUT2D eigenvalue weighted by molar-refractivity contribution is 6.31. The van der Waals surface area contributed by atoms with Gasteiger partial charge in [0.2, 0.25) is 0 Å². The van der Waals surface area contributed by atoms with Gasteiger partial charge in [-0.05, 0) is 24.3 Å². The number of rotatable bonds is 3. The Morgan fingerprint density at radius 3 is 2.43 bits per heavy atom. The molecule has 0 fully saturated rings. The molecule has 0 aliphatic carbocycles. The largest absolute Gasteiger partial charge is 0.507 e. The molecule has 0 saturated carbocycles. The Hall–Kier alpha value is -2.80. The molecular formula is C13H9ClN2O5. The van der Waals surface area contributed by atoms with Crippen LogP contribution in [0.1, 0.15) is 10.4 Å². The van der Waals surface area contributed by atoms with Gasteiger partial charge in [0, 0.05) is 11.1 Å². The molecule has 3 N–H and O–H groups in total. The molecule has 0 bridgehead atoms. The van der Waals surface area contributed by atoms with Crippen LogP contribution >= 0.6 is 11.6 Å². The van der Waals surface area contributed by atoms with Gasteiger partial charge < -0.3 is 15.5 Å². The zero-order chi connectivity index (χ0) is 15.6. The Balaban J connectivity index is 2.25. The molecule has 21 heavy (non-hydrogen) atoms. The fourth-order valence-corrected chi connectivity index (χ4v) is 1.79. The highest BCUT2D eigenvalue weighted by Crippen LogP contribution is 2.29. The van der Waals surface area contributed by atoms with Gasteiger partial charge in [-0.25, -0.2) is 0 Å². The summed E-state index contributed by atoms with van der Waals surface area (Å²) in [4.78, 5) is 21.8. The lowest BCUT2D eigenvalue weighted by Gasteiger charge is -2.08. The first-order chi connectivity index (χ1) is 9.88. The van der Waals surface area contributed by atoms with Crippen molar-refractivity contribution in [3.05, 3.63) is 57.1 Å². The molecule has 0 atom stereocenters. The summed E-state index contributed by atoms with van der Waals surface area (Å²) in [6, 6.07) is 7.18. The predicted octanol–water partition coefficient (Wildman–Crippen LogP) is 2.91. The minimum Gasteiger partial charge on any atom is -0.507 e. The first-order valence-electron chi connectivity index (χ1n) is 5.66. The molecule has 0 aliphatic rings. The minimum atomic E-state index is -0.687. The van der Waals surface area contributed by atoms with Gasteiger partial charge in [0.05, 0.1) is 22.2 Å². The van der Waals surface area contributed by atoms with E-state index in [1.807, 2.05) is 0 Å². The highest BCUT2D eigenvalue weighted by atomic mass is 35.5. The van der Waals surface area contributed by atoms with E-state index in [9.17, 15) is 25.1 Å². The van der Waals surface area contributed by atoms with E-state index in [4.69, 9.17) is 11.6 Å². The maximum absolute atomic E-state index is 12.0. The van der Waals surface area contributed by atoms with Gasteiger partial charge in [-0.3, -0.25) is 14.9 Å². The van der Waals surface area contributed by atoms with Gasteiger partial charge in [0.25, 0.3) is 11.6 Å². The number of halogens is 1. The third-order valence-corrected chi connectivity index (χ3v) is 2.88. The Morgan fingerprint density at radius 2 is 1.86 bits per heavy atom. The molecule has 2 aromatic carbocycles. The van der Waals surface area contributed by atoms with Crippen LogP contribution in [0.15, 0.2) is 36.4 Å². The first kappa shape index (κ1) is 14.6. The van der Waals surface area contributed by atoms with Crippen LogP contribution in [0.3, 0.4) is 0 Å². The molecule has 0 radical (unpaired) electrons. The van der Waals surface area contributed by atoms with E-state index in [0.29, 0.717) is 0 Å². The summed E-state index contributed by atoms with van der Waals surface area (Å²) in [6.45, 7) is 0. The van der Waals surface area contributed by atoms with E-state index in [2.05, 4.69) is 5.32 Å². The lowest BCUT2D eigenvalue weighted by molar-refractivity contribution is -0.384. The van der Waals surface area contributed by atoms with Gasteiger partial charge >= 0.3 is 0 Å². The van der Waals surface area contributed by atoms with Gasteiger partial charge in [0.1, 0.15) is 11.5 Å². The van der Waals surface area contributed by atoms with Crippen LogP contribution in [0.5, 0.6) is 11.5 Å². The predicted molar refractivity (Wildman–Crippen MR) is 75.8 cm³/mol. The molecule has 1 amide bonds. The Bertz CT molecular complexity index is 732. The molecule has 0 aromatic heterocycles. The number of nitro groups is 1. The number of non-ortho nitro benzene ring substituents is 1. The Labute approximate surface area is 123 Å². The molecular weight excluding hydrogens is 300 g/mol. The number of nitrogens with zero attached hydrogens (tertiary/aromatic N) is 1. The van der Waals surface area contributed by atoms with Crippen molar-refractivity contribution in [2.24, 2.45) is 0 Å². The molecule has 0 heterocycles. The average molecular weight is 309 g/mol. The molecule has 8 heteroatoms. The molecule has 0 unspecified atom stereocenters. The summed E-state index contributed by atoms with van der Waals surface area (Å²) < 4.78 is 0. The number of hydrogen-bond donors (Lipinski definition) is 3. The number of phenolic OH excluding ortho intramolecular Hbond substituents is 2. The first-order valence-corrected chi connectivity index (χ1v) is 6.03.